The van der Waals surface area contributed by atoms with Crippen LogP contribution in [0.4, 0.5) is 4.39 Å². The summed E-state index contributed by atoms with van der Waals surface area (Å²) in [5.41, 5.74) is 3.05. The van der Waals surface area contributed by atoms with Crippen LogP contribution in [0.3, 0.4) is 0 Å². The van der Waals surface area contributed by atoms with Crippen molar-refractivity contribution in [2.45, 2.75) is 25.0 Å². The minimum Gasteiger partial charge on any atom is -0.376 e. The molecule has 1 N–H and O–H groups in total. The quantitative estimate of drug-likeness (QED) is 0.864. The standard InChI is InChI=1S/C13H15BrFNO2/c1-8-4-9-6-18-16-13(9,7-17-8)11-5-10(14)2-3-12(11)15/h2-3,5,8-9,16H,4,6-7H2,1H3/t8-,9-,13-/m0/s1. The molecule has 18 heavy (non-hydrogen) atoms. The molecule has 1 aromatic rings. The summed E-state index contributed by atoms with van der Waals surface area (Å²) in [7, 11) is 0. The molecule has 2 fully saturated rings. The Morgan fingerprint density at radius 2 is 2.33 bits per heavy atom. The van der Waals surface area contributed by atoms with E-state index in [4.69, 9.17) is 9.57 Å². The van der Waals surface area contributed by atoms with E-state index < -0.39 is 5.54 Å². The van der Waals surface area contributed by atoms with Crippen molar-refractivity contribution in [3.8, 4) is 0 Å². The number of hydroxylamine groups is 1. The first-order valence-electron chi connectivity index (χ1n) is 6.08. The Morgan fingerprint density at radius 3 is 3.17 bits per heavy atom. The molecule has 0 bridgehead atoms. The summed E-state index contributed by atoms with van der Waals surface area (Å²) in [6.07, 6.45) is 1.07. The van der Waals surface area contributed by atoms with Crippen LogP contribution in [0.2, 0.25) is 0 Å². The predicted molar refractivity (Wildman–Crippen MR) is 68.4 cm³/mol. The Labute approximate surface area is 114 Å². The third kappa shape index (κ3) is 1.90. The van der Waals surface area contributed by atoms with E-state index in [1.54, 1.807) is 6.07 Å². The Kier molecular flexibility index (Phi) is 3.18. The SMILES string of the molecule is C[C@H]1C[C@H]2CON[C@@]2(c2cc(Br)ccc2F)CO1. The minimum atomic E-state index is -0.555. The second kappa shape index (κ2) is 4.56. The second-order valence-electron chi connectivity index (χ2n) is 5.06. The van der Waals surface area contributed by atoms with Crippen LogP contribution in [0.25, 0.3) is 0 Å². The molecule has 3 rings (SSSR count). The van der Waals surface area contributed by atoms with Crippen molar-refractivity contribution < 1.29 is 14.0 Å². The van der Waals surface area contributed by atoms with Crippen molar-refractivity contribution in [3.63, 3.8) is 0 Å². The van der Waals surface area contributed by atoms with Gasteiger partial charge in [0.15, 0.2) is 0 Å². The molecule has 5 heteroatoms. The van der Waals surface area contributed by atoms with Crippen molar-refractivity contribution in [2.24, 2.45) is 5.92 Å². The molecular formula is C13H15BrFNO2. The Hall–Kier alpha value is -0.490. The van der Waals surface area contributed by atoms with Gasteiger partial charge >= 0.3 is 0 Å². The number of fused-ring (bicyclic) bond motifs is 1. The van der Waals surface area contributed by atoms with Crippen LogP contribution in [-0.2, 0) is 15.1 Å². The number of rotatable bonds is 1. The molecule has 0 aliphatic carbocycles. The van der Waals surface area contributed by atoms with Crippen molar-refractivity contribution in [3.05, 3.63) is 34.1 Å². The van der Waals surface area contributed by atoms with E-state index in [2.05, 4.69) is 21.4 Å². The molecule has 0 amide bonds. The van der Waals surface area contributed by atoms with Crippen LogP contribution >= 0.6 is 15.9 Å². The molecule has 1 aromatic carbocycles. The summed E-state index contributed by atoms with van der Waals surface area (Å²) in [4.78, 5) is 5.38. The summed E-state index contributed by atoms with van der Waals surface area (Å²) in [5, 5.41) is 0. The fourth-order valence-electron chi connectivity index (χ4n) is 2.85. The highest BCUT2D eigenvalue weighted by atomic mass is 79.9. The zero-order valence-electron chi connectivity index (χ0n) is 10.1. The van der Waals surface area contributed by atoms with Crippen LogP contribution in [0.1, 0.15) is 18.9 Å². The van der Waals surface area contributed by atoms with Gasteiger partial charge in [-0.05, 0) is 31.5 Å². The highest BCUT2D eigenvalue weighted by Crippen LogP contribution is 2.42. The fourth-order valence-corrected chi connectivity index (χ4v) is 3.21. The van der Waals surface area contributed by atoms with Gasteiger partial charge in [0, 0.05) is 16.0 Å². The molecule has 3 nitrogen and oxygen atoms in total. The highest BCUT2D eigenvalue weighted by molar-refractivity contribution is 9.10. The normalized spacial score (nSPS) is 35.5. The molecule has 2 aliphatic rings. The van der Waals surface area contributed by atoms with Gasteiger partial charge in [0.25, 0.3) is 0 Å². The molecule has 2 heterocycles. The molecule has 2 aliphatic heterocycles. The van der Waals surface area contributed by atoms with E-state index in [9.17, 15) is 4.39 Å². The molecular weight excluding hydrogens is 301 g/mol. The zero-order valence-corrected chi connectivity index (χ0v) is 11.7. The number of halogens is 2. The van der Waals surface area contributed by atoms with Crippen LogP contribution in [0.5, 0.6) is 0 Å². The maximum absolute atomic E-state index is 14.1. The first-order chi connectivity index (χ1) is 8.62. The van der Waals surface area contributed by atoms with E-state index in [1.807, 2.05) is 13.0 Å². The van der Waals surface area contributed by atoms with Gasteiger partial charge in [-0.2, -0.15) is 5.48 Å². The first-order valence-corrected chi connectivity index (χ1v) is 6.87. The Bertz CT molecular complexity index is 470. The van der Waals surface area contributed by atoms with Gasteiger partial charge < -0.3 is 9.57 Å². The van der Waals surface area contributed by atoms with Gasteiger partial charge in [0.2, 0.25) is 0 Å². The topological polar surface area (TPSA) is 30.5 Å². The van der Waals surface area contributed by atoms with Crippen LogP contribution in [0, 0.1) is 11.7 Å². The van der Waals surface area contributed by atoms with Crippen LogP contribution < -0.4 is 5.48 Å². The van der Waals surface area contributed by atoms with Gasteiger partial charge in [-0.1, -0.05) is 15.9 Å². The molecule has 98 valence electrons. The monoisotopic (exact) mass is 315 g/mol. The lowest BCUT2D eigenvalue weighted by Crippen LogP contribution is -2.51. The fraction of sp³-hybridized carbons (Fsp3) is 0.538. The molecule has 0 unspecified atom stereocenters. The molecule has 0 saturated carbocycles. The Morgan fingerprint density at radius 1 is 1.50 bits per heavy atom. The zero-order chi connectivity index (χ0) is 12.8. The third-order valence-corrected chi connectivity index (χ3v) is 4.35. The predicted octanol–water partition coefficient (Wildman–Crippen LogP) is 2.74. The number of benzene rings is 1. The van der Waals surface area contributed by atoms with Gasteiger partial charge in [-0.15, -0.1) is 0 Å². The minimum absolute atomic E-state index is 0.196. The van der Waals surface area contributed by atoms with Crippen molar-refractivity contribution in [2.75, 3.05) is 13.2 Å². The summed E-state index contributed by atoms with van der Waals surface area (Å²) in [6, 6.07) is 4.99. The van der Waals surface area contributed by atoms with Crippen LogP contribution in [-0.4, -0.2) is 19.3 Å². The molecule has 0 aromatic heterocycles. The van der Waals surface area contributed by atoms with Gasteiger partial charge in [0.05, 0.1) is 24.9 Å². The molecule has 0 spiro atoms. The Balaban J connectivity index is 2.05. The molecule has 2 saturated heterocycles. The summed E-state index contributed by atoms with van der Waals surface area (Å²) < 4.78 is 20.7. The maximum Gasteiger partial charge on any atom is 0.128 e. The average molecular weight is 316 g/mol. The highest BCUT2D eigenvalue weighted by Gasteiger charge is 2.50. The number of nitrogens with one attached hydrogen (secondary N) is 1. The van der Waals surface area contributed by atoms with Gasteiger partial charge in [-0.25, -0.2) is 4.39 Å². The largest absolute Gasteiger partial charge is 0.376 e. The summed E-state index contributed by atoms with van der Waals surface area (Å²) in [6.45, 7) is 3.07. The lowest BCUT2D eigenvalue weighted by molar-refractivity contribution is -0.0615. The first kappa shape index (κ1) is 12.5. The smallest absolute Gasteiger partial charge is 0.128 e. The van der Waals surface area contributed by atoms with Crippen molar-refractivity contribution >= 4 is 15.9 Å². The lowest BCUT2D eigenvalue weighted by Gasteiger charge is -2.40. The van der Waals surface area contributed by atoms with Gasteiger partial charge in [-0.3, -0.25) is 0 Å². The number of hydrogen-bond acceptors (Lipinski definition) is 3. The second-order valence-corrected chi connectivity index (χ2v) is 5.98. The van der Waals surface area contributed by atoms with E-state index in [0.29, 0.717) is 18.8 Å². The summed E-state index contributed by atoms with van der Waals surface area (Å²) >= 11 is 3.39. The van der Waals surface area contributed by atoms with Crippen molar-refractivity contribution in [1.29, 1.82) is 0 Å². The summed E-state index contributed by atoms with van der Waals surface area (Å²) in [5.74, 6) is 0.0180. The molecule has 0 radical (unpaired) electrons. The number of ether oxygens (including phenoxy) is 1. The van der Waals surface area contributed by atoms with E-state index >= 15 is 0 Å². The molecule has 3 atom stereocenters. The average Bonchev–Trinajstić information content (AvgIpc) is 2.76. The number of hydrogen-bond donors (Lipinski definition) is 1. The third-order valence-electron chi connectivity index (χ3n) is 3.86. The van der Waals surface area contributed by atoms with E-state index in [1.165, 1.54) is 6.07 Å². The lowest BCUT2D eigenvalue weighted by atomic mass is 9.76. The van der Waals surface area contributed by atoms with E-state index in [0.717, 1.165) is 10.9 Å². The van der Waals surface area contributed by atoms with Gasteiger partial charge in [0.1, 0.15) is 5.82 Å². The van der Waals surface area contributed by atoms with Crippen LogP contribution in [0.15, 0.2) is 22.7 Å². The van der Waals surface area contributed by atoms with Crippen molar-refractivity contribution in [1.82, 2.24) is 5.48 Å². The van der Waals surface area contributed by atoms with E-state index in [-0.39, 0.29) is 17.8 Å². The maximum atomic E-state index is 14.1.